The zero-order chi connectivity index (χ0) is 5.40. The van der Waals surface area contributed by atoms with Crippen molar-refractivity contribution >= 4 is 0 Å². The normalized spacial score (nSPS) is 38.2. The van der Waals surface area contributed by atoms with Gasteiger partial charge >= 0.3 is 0 Å². The molecule has 2 rings (SSSR count). The van der Waals surface area contributed by atoms with Crippen LogP contribution in [0.15, 0.2) is 0 Å². The minimum Gasteiger partial charge on any atom is -0.381 e. The van der Waals surface area contributed by atoms with Gasteiger partial charge in [-0.1, -0.05) is 0 Å². The van der Waals surface area contributed by atoms with Gasteiger partial charge in [0.05, 0.1) is 6.61 Å². The molecule has 8 heavy (non-hydrogen) atoms. The first kappa shape index (κ1) is 4.80. The van der Waals surface area contributed by atoms with Crippen molar-refractivity contribution in [1.82, 2.24) is 0 Å². The van der Waals surface area contributed by atoms with Crippen LogP contribution >= 0.6 is 0 Å². The van der Waals surface area contributed by atoms with E-state index in [4.69, 9.17) is 4.74 Å². The first-order valence-corrected chi connectivity index (χ1v) is 3.39. The van der Waals surface area contributed by atoms with Crippen molar-refractivity contribution in [3.8, 4) is 0 Å². The summed E-state index contributed by atoms with van der Waals surface area (Å²) in [4.78, 5) is 0. The molecule has 0 bridgehead atoms. The van der Waals surface area contributed by atoms with Crippen LogP contribution in [-0.2, 0) is 4.74 Å². The minimum absolute atomic E-state index is 0.870. The topological polar surface area (TPSA) is 9.23 Å². The van der Waals surface area contributed by atoms with Gasteiger partial charge in [0.2, 0.25) is 0 Å². The standard InChI is InChI=1S/C7H11O/c1-2-6(1)7-3-4-8-5-7/h7H,1-5H2. The number of hydrogen-bond acceptors (Lipinski definition) is 1. The van der Waals surface area contributed by atoms with Crippen molar-refractivity contribution in [3.05, 3.63) is 5.92 Å². The molecule has 0 amide bonds. The Bertz CT molecular complexity index is 80.4. The summed E-state index contributed by atoms with van der Waals surface area (Å²) < 4.78 is 5.24. The fourth-order valence-electron chi connectivity index (χ4n) is 1.34. The Morgan fingerprint density at radius 3 is 2.75 bits per heavy atom. The van der Waals surface area contributed by atoms with Crippen LogP contribution in [0.2, 0.25) is 0 Å². The quantitative estimate of drug-likeness (QED) is 0.497. The number of hydrogen-bond donors (Lipinski definition) is 0. The molecule has 45 valence electrons. The second kappa shape index (κ2) is 1.73. The molecule has 2 aliphatic rings. The Morgan fingerprint density at radius 1 is 1.38 bits per heavy atom. The average Bonchev–Trinajstić information content (AvgIpc) is 2.49. The van der Waals surface area contributed by atoms with Crippen molar-refractivity contribution < 1.29 is 4.74 Å². The van der Waals surface area contributed by atoms with E-state index in [2.05, 4.69) is 0 Å². The highest BCUT2D eigenvalue weighted by atomic mass is 16.5. The van der Waals surface area contributed by atoms with Crippen LogP contribution in [0.25, 0.3) is 0 Å². The first-order chi connectivity index (χ1) is 3.97. The Kier molecular flexibility index (Phi) is 1.04. The summed E-state index contributed by atoms with van der Waals surface area (Å²) in [6.45, 7) is 2.03. The third kappa shape index (κ3) is 0.752. The zero-order valence-electron chi connectivity index (χ0n) is 5.02. The molecule has 1 atom stereocenters. The van der Waals surface area contributed by atoms with E-state index < -0.39 is 0 Å². The third-order valence-corrected chi connectivity index (χ3v) is 2.05. The molecule has 1 aliphatic heterocycles. The molecule has 1 saturated heterocycles. The fraction of sp³-hybridized carbons (Fsp3) is 0.857. The van der Waals surface area contributed by atoms with Crippen molar-refractivity contribution in [2.24, 2.45) is 5.92 Å². The van der Waals surface area contributed by atoms with Crippen LogP contribution in [0.4, 0.5) is 0 Å². The predicted octanol–water partition coefficient (Wildman–Crippen LogP) is 1.39. The smallest absolute Gasteiger partial charge is 0.0500 e. The van der Waals surface area contributed by atoms with Gasteiger partial charge in [0, 0.05) is 6.61 Å². The van der Waals surface area contributed by atoms with Crippen LogP contribution in [-0.4, -0.2) is 13.2 Å². The summed E-state index contributed by atoms with van der Waals surface area (Å²) in [6.07, 6.45) is 4.09. The molecule has 0 spiro atoms. The molecule has 0 aromatic carbocycles. The van der Waals surface area contributed by atoms with E-state index in [0.29, 0.717) is 0 Å². The SMILES string of the molecule is C1CC([C]2CC2)CO1. The molecule has 1 aliphatic carbocycles. The third-order valence-electron chi connectivity index (χ3n) is 2.05. The lowest BCUT2D eigenvalue weighted by atomic mass is 10.0. The van der Waals surface area contributed by atoms with Crippen molar-refractivity contribution in [3.63, 3.8) is 0 Å². The molecule has 0 aromatic heterocycles. The average molecular weight is 111 g/mol. The molecular formula is C7H11O. The van der Waals surface area contributed by atoms with Crippen LogP contribution in [0.5, 0.6) is 0 Å². The zero-order valence-corrected chi connectivity index (χ0v) is 5.02. The van der Waals surface area contributed by atoms with Gasteiger partial charge in [-0.25, -0.2) is 0 Å². The van der Waals surface area contributed by atoms with E-state index in [9.17, 15) is 0 Å². The maximum absolute atomic E-state index is 5.24. The van der Waals surface area contributed by atoms with Crippen LogP contribution in [0, 0.1) is 11.8 Å². The molecule has 1 unspecified atom stereocenters. The lowest BCUT2D eigenvalue weighted by Gasteiger charge is -1.99. The Balaban J connectivity index is 1.86. The summed E-state index contributed by atoms with van der Waals surface area (Å²) in [6, 6.07) is 0. The molecular weight excluding hydrogens is 100 g/mol. The van der Waals surface area contributed by atoms with E-state index >= 15 is 0 Å². The first-order valence-electron chi connectivity index (χ1n) is 3.39. The van der Waals surface area contributed by atoms with Gasteiger partial charge < -0.3 is 4.74 Å². The van der Waals surface area contributed by atoms with Crippen molar-refractivity contribution in [2.45, 2.75) is 19.3 Å². The maximum Gasteiger partial charge on any atom is 0.0500 e. The van der Waals surface area contributed by atoms with Crippen LogP contribution < -0.4 is 0 Å². The van der Waals surface area contributed by atoms with E-state index in [-0.39, 0.29) is 0 Å². The number of rotatable bonds is 1. The summed E-state index contributed by atoms with van der Waals surface area (Å²) in [5.41, 5.74) is 0. The van der Waals surface area contributed by atoms with Crippen LogP contribution in [0.3, 0.4) is 0 Å². The predicted molar refractivity (Wildman–Crippen MR) is 31.4 cm³/mol. The van der Waals surface area contributed by atoms with E-state index in [1.54, 1.807) is 5.92 Å². The second-order valence-corrected chi connectivity index (χ2v) is 2.72. The highest BCUT2D eigenvalue weighted by Gasteiger charge is 2.33. The lowest BCUT2D eigenvalue weighted by molar-refractivity contribution is 0.189. The summed E-state index contributed by atoms with van der Waals surface area (Å²) in [5, 5.41) is 0. The Labute approximate surface area is 50.0 Å². The van der Waals surface area contributed by atoms with Gasteiger partial charge in [-0.15, -0.1) is 0 Å². The Hall–Kier alpha value is -0.0400. The molecule has 1 nitrogen and oxygen atoms in total. The fourth-order valence-corrected chi connectivity index (χ4v) is 1.34. The summed E-state index contributed by atoms with van der Waals surface area (Å²) in [5.74, 6) is 2.64. The second-order valence-electron chi connectivity index (χ2n) is 2.72. The largest absolute Gasteiger partial charge is 0.381 e. The van der Waals surface area contributed by atoms with E-state index in [1.165, 1.54) is 19.3 Å². The molecule has 1 radical (unpaired) electrons. The van der Waals surface area contributed by atoms with Gasteiger partial charge in [-0.3, -0.25) is 0 Å². The summed E-state index contributed by atoms with van der Waals surface area (Å²) in [7, 11) is 0. The van der Waals surface area contributed by atoms with Gasteiger partial charge in [0.25, 0.3) is 0 Å². The lowest BCUT2D eigenvalue weighted by Crippen LogP contribution is -1.98. The Morgan fingerprint density at radius 2 is 2.25 bits per heavy atom. The molecule has 1 saturated carbocycles. The minimum atomic E-state index is 0.870. The van der Waals surface area contributed by atoms with Gasteiger partial charge in [0.1, 0.15) is 0 Å². The van der Waals surface area contributed by atoms with Crippen molar-refractivity contribution in [2.75, 3.05) is 13.2 Å². The highest BCUT2D eigenvalue weighted by molar-refractivity contribution is 5.10. The summed E-state index contributed by atoms with van der Waals surface area (Å²) >= 11 is 0. The number of ether oxygens (including phenoxy) is 1. The van der Waals surface area contributed by atoms with Gasteiger partial charge in [-0.05, 0) is 31.1 Å². The molecule has 0 aromatic rings. The monoisotopic (exact) mass is 111 g/mol. The van der Waals surface area contributed by atoms with Gasteiger partial charge in [0.15, 0.2) is 0 Å². The van der Waals surface area contributed by atoms with Gasteiger partial charge in [-0.2, -0.15) is 0 Å². The molecule has 2 fully saturated rings. The van der Waals surface area contributed by atoms with Crippen molar-refractivity contribution in [1.29, 1.82) is 0 Å². The highest BCUT2D eigenvalue weighted by Crippen LogP contribution is 2.42. The van der Waals surface area contributed by atoms with E-state index in [0.717, 1.165) is 19.1 Å². The molecule has 0 N–H and O–H groups in total. The molecule has 1 heterocycles. The van der Waals surface area contributed by atoms with E-state index in [1.807, 2.05) is 0 Å². The maximum atomic E-state index is 5.24. The van der Waals surface area contributed by atoms with Crippen LogP contribution in [0.1, 0.15) is 19.3 Å². The molecule has 1 heteroatoms.